The van der Waals surface area contributed by atoms with Gasteiger partial charge in [-0.3, -0.25) is 4.79 Å². The van der Waals surface area contributed by atoms with E-state index in [4.69, 9.17) is 5.11 Å². The number of hydrogen-bond donors (Lipinski definition) is 2. The predicted molar refractivity (Wildman–Crippen MR) is 59.1 cm³/mol. The lowest BCUT2D eigenvalue weighted by Crippen LogP contribution is -2.00. The maximum Gasteiger partial charge on any atom is 0.309 e. The quantitative estimate of drug-likeness (QED) is 0.847. The molecule has 0 radical (unpaired) electrons. The van der Waals surface area contributed by atoms with Crippen LogP contribution in [-0.4, -0.2) is 21.0 Å². The smallest absolute Gasteiger partial charge is 0.309 e. The third kappa shape index (κ3) is 3.14. The van der Waals surface area contributed by atoms with Crippen molar-refractivity contribution >= 4 is 5.97 Å². The second-order valence-corrected chi connectivity index (χ2v) is 3.73. The van der Waals surface area contributed by atoms with Crippen LogP contribution < -0.4 is 0 Å². The summed E-state index contributed by atoms with van der Waals surface area (Å²) in [7, 11) is 0. The SMILES string of the molecule is O=C(O)Cc1cnc(Cc2ccc(F)cc2)[nH]1. The molecule has 0 saturated carbocycles. The molecule has 0 saturated heterocycles. The van der Waals surface area contributed by atoms with Gasteiger partial charge in [0.05, 0.1) is 6.42 Å². The van der Waals surface area contributed by atoms with Crippen LogP contribution in [0.3, 0.4) is 0 Å². The molecule has 0 aliphatic heterocycles. The Morgan fingerprint density at radius 1 is 1.35 bits per heavy atom. The van der Waals surface area contributed by atoms with Crippen molar-refractivity contribution in [2.45, 2.75) is 12.8 Å². The number of rotatable bonds is 4. The number of carboxylic acid groups (broad SMARTS) is 1. The third-order valence-corrected chi connectivity index (χ3v) is 2.31. The van der Waals surface area contributed by atoms with E-state index in [1.165, 1.54) is 18.3 Å². The zero-order valence-electron chi connectivity index (χ0n) is 8.98. The molecule has 1 aromatic carbocycles. The van der Waals surface area contributed by atoms with Gasteiger partial charge in [0.25, 0.3) is 0 Å². The molecule has 0 aliphatic rings. The Labute approximate surface area is 97.1 Å². The molecule has 0 amide bonds. The third-order valence-electron chi connectivity index (χ3n) is 2.31. The van der Waals surface area contributed by atoms with Gasteiger partial charge in [-0.05, 0) is 17.7 Å². The van der Waals surface area contributed by atoms with Crippen molar-refractivity contribution in [2.75, 3.05) is 0 Å². The fraction of sp³-hybridized carbons (Fsp3) is 0.167. The number of aromatic amines is 1. The summed E-state index contributed by atoms with van der Waals surface area (Å²) in [5.41, 5.74) is 1.48. The van der Waals surface area contributed by atoms with Gasteiger partial charge in [-0.2, -0.15) is 0 Å². The molecule has 4 nitrogen and oxygen atoms in total. The molecular formula is C12H11FN2O2. The summed E-state index contributed by atoms with van der Waals surface area (Å²) in [6, 6.07) is 6.12. The van der Waals surface area contributed by atoms with Gasteiger partial charge in [-0.15, -0.1) is 0 Å². The number of imidazole rings is 1. The molecule has 88 valence electrons. The van der Waals surface area contributed by atoms with Gasteiger partial charge >= 0.3 is 5.97 Å². The fourth-order valence-electron chi connectivity index (χ4n) is 1.54. The number of hydrogen-bond acceptors (Lipinski definition) is 2. The average Bonchev–Trinajstić information content (AvgIpc) is 2.68. The van der Waals surface area contributed by atoms with Crippen molar-refractivity contribution in [2.24, 2.45) is 0 Å². The first-order valence-electron chi connectivity index (χ1n) is 5.12. The van der Waals surface area contributed by atoms with Crippen molar-refractivity contribution in [1.29, 1.82) is 0 Å². The van der Waals surface area contributed by atoms with Crippen molar-refractivity contribution < 1.29 is 14.3 Å². The first-order valence-corrected chi connectivity index (χ1v) is 5.12. The highest BCUT2D eigenvalue weighted by atomic mass is 19.1. The summed E-state index contributed by atoms with van der Waals surface area (Å²) >= 11 is 0. The average molecular weight is 234 g/mol. The Morgan fingerprint density at radius 2 is 2.06 bits per heavy atom. The fourth-order valence-corrected chi connectivity index (χ4v) is 1.54. The van der Waals surface area contributed by atoms with Crippen LogP contribution in [0.25, 0.3) is 0 Å². The van der Waals surface area contributed by atoms with Crippen molar-refractivity contribution in [1.82, 2.24) is 9.97 Å². The number of nitrogens with one attached hydrogen (secondary N) is 1. The molecule has 0 spiro atoms. The molecular weight excluding hydrogens is 223 g/mol. The monoisotopic (exact) mass is 234 g/mol. The van der Waals surface area contributed by atoms with E-state index < -0.39 is 5.97 Å². The van der Waals surface area contributed by atoms with Crippen LogP contribution in [0.2, 0.25) is 0 Å². The van der Waals surface area contributed by atoms with Gasteiger partial charge in [0, 0.05) is 18.3 Å². The first kappa shape index (κ1) is 11.3. The van der Waals surface area contributed by atoms with Gasteiger partial charge in [-0.25, -0.2) is 9.37 Å². The standard InChI is InChI=1S/C12H11FN2O2/c13-9-3-1-8(2-4-9)5-11-14-7-10(15-11)6-12(16)17/h1-4,7H,5-6H2,(H,14,15)(H,16,17). The van der Waals surface area contributed by atoms with E-state index in [2.05, 4.69) is 9.97 Å². The number of aliphatic carboxylic acids is 1. The molecule has 2 rings (SSSR count). The lowest BCUT2D eigenvalue weighted by atomic mass is 10.1. The number of carboxylic acids is 1. The normalized spacial score (nSPS) is 10.4. The van der Waals surface area contributed by atoms with Crippen LogP contribution in [-0.2, 0) is 17.6 Å². The molecule has 0 aliphatic carbocycles. The van der Waals surface area contributed by atoms with E-state index in [9.17, 15) is 9.18 Å². The van der Waals surface area contributed by atoms with Crippen LogP contribution in [0.15, 0.2) is 30.5 Å². The number of nitrogens with zero attached hydrogens (tertiary/aromatic N) is 1. The number of H-pyrrole nitrogens is 1. The highest BCUT2D eigenvalue weighted by molar-refractivity contribution is 5.69. The predicted octanol–water partition coefficient (Wildman–Crippen LogP) is 1.77. The van der Waals surface area contributed by atoms with Crippen molar-refractivity contribution in [3.8, 4) is 0 Å². The molecule has 2 aromatic rings. The zero-order chi connectivity index (χ0) is 12.3. The Bertz CT molecular complexity index is 520. The number of aromatic nitrogens is 2. The zero-order valence-corrected chi connectivity index (χ0v) is 8.98. The van der Waals surface area contributed by atoms with E-state index in [0.29, 0.717) is 17.9 Å². The van der Waals surface area contributed by atoms with Crippen LogP contribution in [0.1, 0.15) is 17.1 Å². The van der Waals surface area contributed by atoms with E-state index in [1.807, 2.05) is 0 Å². The van der Waals surface area contributed by atoms with E-state index >= 15 is 0 Å². The Hall–Kier alpha value is -2.17. The highest BCUT2D eigenvalue weighted by Crippen LogP contribution is 2.08. The maximum absolute atomic E-state index is 12.7. The summed E-state index contributed by atoms with van der Waals surface area (Å²) in [6.45, 7) is 0. The minimum absolute atomic E-state index is 0.0730. The molecule has 5 heteroatoms. The molecule has 2 N–H and O–H groups in total. The van der Waals surface area contributed by atoms with Crippen molar-refractivity contribution in [3.63, 3.8) is 0 Å². The summed E-state index contributed by atoms with van der Waals surface area (Å²) in [6.07, 6.45) is 1.96. The second-order valence-electron chi connectivity index (χ2n) is 3.73. The van der Waals surface area contributed by atoms with E-state index in [0.717, 1.165) is 5.56 Å². The van der Waals surface area contributed by atoms with Crippen LogP contribution in [0, 0.1) is 5.82 Å². The Balaban J connectivity index is 2.06. The summed E-state index contributed by atoms with van der Waals surface area (Å²) < 4.78 is 12.7. The van der Waals surface area contributed by atoms with Gasteiger partial charge in [-0.1, -0.05) is 12.1 Å². The summed E-state index contributed by atoms with van der Waals surface area (Å²) in [4.78, 5) is 17.5. The molecule has 0 fully saturated rings. The molecule has 0 atom stereocenters. The maximum atomic E-state index is 12.7. The first-order chi connectivity index (χ1) is 8.13. The Kier molecular flexibility index (Phi) is 3.18. The van der Waals surface area contributed by atoms with Gasteiger partial charge in [0.15, 0.2) is 0 Å². The topological polar surface area (TPSA) is 66.0 Å². The minimum Gasteiger partial charge on any atom is -0.481 e. The number of carbonyl (C=O) groups is 1. The van der Waals surface area contributed by atoms with Crippen LogP contribution >= 0.6 is 0 Å². The molecule has 1 aromatic heterocycles. The van der Waals surface area contributed by atoms with E-state index in [-0.39, 0.29) is 12.2 Å². The lowest BCUT2D eigenvalue weighted by Gasteiger charge is -1.97. The lowest BCUT2D eigenvalue weighted by molar-refractivity contribution is -0.136. The minimum atomic E-state index is -0.901. The largest absolute Gasteiger partial charge is 0.481 e. The van der Waals surface area contributed by atoms with Crippen LogP contribution in [0.5, 0.6) is 0 Å². The van der Waals surface area contributed by atoms with Gasteiger partial charge in [0.1, 0.15) is 11.6 Å². The van der Waals surface area contributed by atoms with E-state index in [1.54, 1.807) is 12.1 Å². The highest BCUT2D eigenvalue weighted by Gasteiger charge is 2.05. The summed E-state index contributed by atoms with van der Waals surface area (Å²) in [5.74, 6) is -0.505. The molecule has 1 heterocycles. The molecule has 0 unspecified atom stereocenters. The second kappa shape index (κ2) is 4.78. The van der Waals surface area contributed by atoms with Crippen molar-refractivity contribution in [3.05, 3.63) is 53.4 Å². The molecule has 17 heavy (non-hydrogen) atoms. The number of halogens is 1. The van der Waals surface area contributed by atoms with Gasteiger partial charge in [0.2, 0.25) is 0 Å². The molecule has 0 bridgehead atoms. The summed E-state index contributed by atoms with van der Waals surface area (Å²) in [5, 5.41) is 8.61. The van der Waals surface area contributed by atoms with Crippen LogP contribution in [0.4, 0.5) is 4.39 Å². The number of benzene rings is 1. The van der Waals surface area contributed by atoms with Gasteiger partial charge < -0.3 is 10.1 Å². The Morgan fingerprint density at radius 3 is 2.71 bits per heavy atom.